The molecule has 0 spiro atoms. The number of rotatable bonds is 10. The van der Waals surface area contributed by atoms with Crippen molar-refractivity contribution in [1.29, 1.82) is 0 Å². The fourth-order valence-electron chi connectivity index (χ4n) is 2.71. The number of carboxylic acid groups (broad SMARTS) is 1. The number of hydrogen-bond acceptors (Lipinski definition) is 6. The zero-order valence-corrected chi connectivity index (χ0v) is 17.9. The number of aliphatic carboxylic acids is 1. The molecule has 29 heavy (non-hydrogen) atoms. The fourth-order valence-corrected chi connectivity index (χ4v) is 2.71. The maximum Gasteiger partial charge on any atom is 0.425 e. The van der Waals surface area contributed by atoms with Gasteiger partial charge < -0.3 is 14.6 Å². The van der Waals surface area contributed by atoms with E-state index in [2.05, 4.69) is 5.43 Å². The van der Waals surface area contributed by atoms with Crippen molar-refractivity contribution in [2.45, 2.75) is 72.3 Å². The number of carboxylic acids is 1. The molecule has 1 aromatic rings. The molecule has 0 aliphatic rings. The molecular formula is C21H32N2O6. The van der Waals surface area contributed by atoms with Crippen LogP contribution in [0.25, 0.3) is 0 Å². The van der Waals surface area contributed by atoms with Crippen molar-refractivity contribution in [2.24, 2.45) is 5.92 Å². The lowest BCUT2D eigenvalue weighted by Crippen LogP contribution is -2.60. The molecule has 2 N–H and O–H groups in total. The minimum atomic E-state index is -1.23. The summed E-state index contributed by atoms with van der Waals surface area (Å²) < 4.78 is 10.5. The number of hydrogen-bond donors (Lipinski definition) is 2. The molecule has 1 rings (SSSR count). The first kappa shape index (κ1) is 24.4. The number of carbonyl (C=O) groups excluding carboxylic acids is 2. The summed E-state index contributed by atoms with van der Waals surface area (Å²) >= 11 is 0. The van der Waals surface area contributed by atoms with Crippen LogP contribution in [0.3, 0.4) is 0 Å². The van der Waals surface area contributed by atoms with Crippen molar-refractivity contribution in [1.82, 2.24) is 10.4 Å². The molecule has 1 aromatic carbocycles. The molecule has 8 heteroatoms. The summed E-state index contributed by atoms with van der Waals surface area (Å²) in [5.74, 6) is -2.22. The SMILES string of the molecule is CC(C)OC(=O)C(Cc1ccccc1)NN(C(=O)OC(C)C)[C@H](C(=O)O)C(C)C. The van der Waals surface area contributed by atoms with Crippen LogP contribution in [-0.2, 0) is 25.5 Å². The lowest BCUT2D eigenvalue weighted by molar-refractivity contribution is -0.155. The second kappa shape index (κ2) is 11.4. The Labute approximate surface area is 172 Å². The van der Waals surface area contributed by atoms with Gasteiger partial charge in [-0.1, -0.05) is 44.2 Å². The van der Waals surface area contributed by atoms with Gasteiger partial charge in [0, 0.05) is 6.42 Å². The van der Waals surface area contributed by atoms with E-state index in [4.69, 9.17) is 9.47 Å². The molecule has 0 heterocycles. The highest BCUT2D eigenvalue weighted by Gasteiger charge is 2.37. The summed E-state index contributed by atoms with van der Waals surface area (Å²) in [6.07, 6.45) is -1.47. The number of esters is 1. The summed E-state index contributed by atoms with van der Waals surface area (Å²) in [4.78, 5) is 37.2. The minimum absolute atomic E-state index is 0.211. The maximum absolute atomic E-state index is 12.7. The molecule has 8 nitrogen and oxygen atoms in total. The smallest absolute Gasteiger partial charge is 0.425 e. The van der Waals surface area contributed by atoms with E-state index in [1.165, 1.54) is 0 Å². The van der Waals surface area contributed by atoms with Gasteiger partial charge in [0.25, 0.3) is 0 Å². The second-order valence-electron chi connectivity index (χ2n) is 7.69. The third kappa shape index (κ3) is 8.11. The van der Waals surface area contributed by atoms with E-state index >= 15 is 0 Å². The average molecular weight is 408 g/mol. The van der Waals surface area contributed by atoms with Gasteiger partial charge in [0.1, 0.15) is 6.04 Å². The Hall–Kier alpha value is -2.61. The molecular weight excluding hydrogens is 376 g/mol. The Morgan fingerprint density at radius 1 is 0.966 bits per heavy atom. The van der Waals surface area contributed by atoms with Gasteiger partial charge >= 0.3 is 18.0 Å². The van der Waals surface area contributed by atoms with Crippen molar-refractivity contribution >= 4 is 18.0 Å². The first-order valence-electron chi connectivity index (χ1n) is 9.76. The quantitative estimate of drug-likeness (QED) is 0.453. The van der Waals surface area contributed by atoms with Gasteiger partial charge in [0.2, 0.25) is 0 Å². The molecule has 162 valence electrons. The van der Waals surface area contributed by atoms with Gasteiger partial charge in [-0.05, 0) is 39.2 Å². The molecule has 0 radical (unpaired) electrons. The van der Waals surface area contributed by atoms with Crippen LogP contribution in [0, 0.1) is 5.92 Å². The summed E-state index contributed by atoms with van der Waals surface area (Å²) in [7, 11) is 0. The van der Waals surface area contributed by atoms with E-state index in [1.54, 1.807) is 41.5 Å². The second-order valence-corrected chi connectivity index (χ2v) is 7.69. The molecule has 0 aromatic heterocycles. The predicted octanol–water partition coefficient (Wildman–Crippen LogP) is 3.01. The van der Waals surface area contributed by atoms with Crippen LogP contribution in [0.4, 0.5) is 4.79 Å². The molecule has 1 amide bonds. The van der Waals surface area contributed by atoms with Crippen LogP contribution >= 0.6 is 0 Å². The van der Waals surface area contributed by atoms with Crippen molar-refractivity contribution < 1.29 is 29.0 Å². The van der Waals surface area contributed by atoms with Crippen molar-refractivity contribution in [3.8, 4) is 0 Å². The number of nitrogens with zero attached hydrogens (tertiary/aromatic N) is 1. The Kier molecular flexibility index (Phi) is 9.61. The molecule has 2 atom stereocenters. The number of amides is 1. The standard InChI is InChI=1S/C21H32N2O6/c1-13(2)18(19(24)25)23(21(27)29-15(5)6)22-17(20(26)28-14(3)4)12-16-10-8-7-9-11-16/h7-11,13-15,17-18,22H,12H2,1-6H3,(H,24,25)/t17?,18-/m0/s1. The Morgan fingerprint density at radius 3 is 1.97 bits per heavy atom. The first-order chi connectivity index (χ1) is 13.5. The Balaban J connectivity index is 3.23. The number of ether oxygens (including phenoxy) is 2. The normalized spacial score (nSPS) is 13.3. The summed E-state index contributed by atoms with van der Waals surface area (Å²) in [5.41, 5.74) is 3.61. The van der Waals surface area contributed by atoms with Gasteiger partial charge in [-0.25, -0.2) is 20.0 Å². The van der Waals surface area contributed by atoms with E-state index in [0.717, 1.165) is 10.6 Å². The predicted molar refractivity (Wildman–Crippen MR) is 108 cm³/mol. The van der Waals surface area contributed by atoms with Gasteiger partial charge in [-0.15, -0.1) is 0 Å². The minimum Gasteiger partial charge on any atom is -0.480 e. The highest BCUT2D eigenvalue weighted by molar-refractivity contribution is 5.81. The summed E-state index contributed by atoms with van der Waals surface area (Å²) in [5, 5.41) is 10.6. The monoisotopic (exact) mass is 408 g/mol. The fraction of sp³-hybridized carbons (Fsp3) is 0.571. The number of hydrazine groups is 1. The van der Waals surface area contributed by atoms with Gasteiger partial charge in [-0.3, -0.25) is 4.79 Å². The summed E-state index contributed by atoms with van der Waals surface area (Å²) in [6.45, 7) is 10.1. The van der Waals surface area contributed by atoms with E-state index in [0.29, 0.717) is 0 Å². The lowest BCUT2D eigenvalue weighted by atomic mass is 10.0. The third-order valence-electron chi connectivity index (χ3n) is 3.91. The van der Waals surface area contributed by atoms with Crippen LogP contribution in [-0.4, -0.2) is 52.4 Å². The maximum atomic E-state index is 12.7. The molecule has 0 aliphatic carbocycles. The lowest BCUT2D eigenvalue weighted by Gasteiger charge is -2.34. The van der Waals surface area contributed by atoms with Gasteiger partial charge in [-0.2, -0.15) is 0 Å². The number of benzene rings is 1. The Bertz CT molecular complexity index is 675. The number of carbonyl (C=O) groups is 3. The first-order valence-corrected chi connectivity index (χ1v) is 9.76. The molecule has 0 fully saturated rings. The van der Waals surface area contributed by atoms with Crippen molar-refractivity contribution in [2.75, 3.05) is 0 Å². The van der Waals surface area contributed by atoms with Gasteiger partial charge in [0.15, 0.2) is 6.04 Å². The van der Waals surface area contributed by atoms with E-state index in [1.807, 2.05) is 30.3 Å². The van der Waals surface area contributed by atoms with Crippen molar-refractivity contribution in [3.05, 3.63) is 35.9 Å². The van der Waals surface area contributed by atoms with Gasteiger partial charge in [0.05, 0.1) is 12.2 Å². The molecule has 1 unspecified atom stereocenters. The summed E-state index contributed by atoms with van der Waals surface area (Å²) in [6, 6.07) is 6.99. The van der Waals surface area contributed by atoms with Crippen molar-refractivity contribution in [3.63, 3.8) is 0 Å². The highest BCUT2D eigenvalue weighted by atomic mass is 16.6. The van der Waals surface area contributed by atoms with Crippen LogP contribution in [0.15, 0.2) is 30.3 Å². The zero-order valence-electron chi connectivity index (χ0n) is 17.9. The zero-order chi connectivity index (χ0) is 22.1. The topological polar surface area (TPSA) is 105 Å². The average Bonchev–Trinajstić information content (AvgIpc) is 2.59. The van der Waals surface area contributed by atoms with Crippen LogP contribution in [0.2, 0.25) is 0 Å². The molecule has 0 saturated carbocycles. The van der Waals surface area contributed by atoms with Crippen LogP contribution < -0.4 is 5.43 Å². The van der Waals surface area contributed by atoms with E-state index < -0.39 is 42.1 Å². The molecule has 0 aliphatic heterocycles. The van der Waals surface area contributed by atoms with Crippen LogP contribution in [0.1, 0.15) is 47.1 Å². The molecule has 0 bridgehead atoms. The largest absolute Gasteiger partial charge is 0.480 e. The third-order valence-corrected chi connectivity index (χ3v) is 3.91. The molecule has 0 saturated heterocycles. The highest BCUT2D eigenvalue weighted by Crippen LogP contribution is 2.15. The number of nitrogens with one attached hydrogen (secondary N) is 1. The van der Waals surface area contributed by atoms with E-state index in [-0.39, 0.29) is 12.5 Å². The van der Waals surface area contributed by atoms with Crippen LogP contribution in [0.5, 0.6) is 0 Å². The van der Waals surface area contributed by atoms with E-state index in [9.17, 15) is 19.5 Å². The Morgan fingerprint density at radius 2 is 1.52 bits per heavy atom.